The van der Waals surface area contributed by atoms with Crippen molar-refractivity contribution in [3.63, 3.8) is 0 Å². The fourth-order valence-electron chi connectivity index (χ4n) is 4.81. The molecule has 3 aromatic rings. The molecule has 47 heavy (non-hydrogen) atoms. The van der Waals surface area contributed by atoms with Gasteiger partial charge in [0.1, 0.15) is 11.5 Å². The van der Waals surface area contributed by atoms with E-state index in [1.54, 1.807) is 12.1 Å². The minimum atomic E-state index is -3.67. The number of non-ortho nitro benzene ring substituents is 1. The van der Waals surface area contributed by atoms with E-state index in [2.05, 4.69) is 17.0 Å². The molecule has 2 N–H and O–H groups in total. The zero-order valence-electron chi connectivity index (χ0n) is 26.7. The third kappa shape index (κ3) is 12.5. The van der Waals surface area contributed by atoms with Crippen LogP contribution in [0, 0.1) is 10.1 Å². The molecular formula is C34H42ClN3O8S. The van der Waals surface area contributed by atoms with E-state index < -0.39 is 32.7 Å². The number of nitrogens with one attached hydrogen (secondary N) is 2. The van der Waals surface area contributed by atoms with Crippen LogP contribution >= 0.6 is 11.6 Å². The van der Waals surface area contributed by atoms with E-state index in [0.29, 0.717) is 12.2 Å². The van der Waals surface area contributed by atoms with Gasteiger partial charge in [-0.15, -0.1) is 0 Å². The Labute approximate surface area is 281 Å². The molecule has 0 aromatic heterocycles. The maximum absolute atomic E-state index is 13.5. The summed E-state index contributed by atoms with van der Waals surface area (Å²) in [5, 5.41) is 13.7. The number of ether oxygens (including phenoxy) is 2. The lowest BCUT2D eigenvalue weighted by molar-refractivity contribution is -0.384. The summed E-state index contributed by atoms with van der Waals surface area (Å²) in [6.07, 6.45) is 9.10. The largest absolute Gasteiger partial charge is 0.497 e. The highest BCUT2D eigenvalue weighted by Gasteiger charge is 2.31. The number of carbonyl (C=O) groups is 2. The molecule has 1 atom stereocenters. The summed E-state index contributed by atoms with van der Waals surface area (Å²) >= 11 is 6.34. The highest BCUT2D eigenvalue weighted by molar-refractivity contribution is 7.92. The van der Waals surface area contributed by atoms with Crippen LogP contribution in [-0.2, 0) is 14.8 Å². The van der Waals surface area contributed by atoms with Crippen molar-refractivity contribution in [1.29, 1.82) is 0 Å². The van der Waals surface area contributed by atoms with Crippen LogP contribution in [0.15, 0.2) is 66.7 Å². The molecule has 0 saturated heterocycles. The van der Waals surface area contributed by atoms with E-state index in [0.717, 1.165) is 19.3 Å². The van der Waals surface area contributed by atoms with E-state index in [-0.39, 0.29) is 39.2 Å². The number of hydrogen-bond acceptors (Lipinski definition) is 8. The molecule has 0 radical (unpaired) electrons. The number of ketones is 1. The minimum Gasteiger partial charge on any atom is -0.497 e. The SMILES string of the molecule is CCCCCCCCCCCCS(=O)(=O)Nc1ccc(Cl)c(NC(=O)C(Oc2ccc([N+](=O)[O-])cc2)C(=O)c2ccc(OC)cc2)c1. The normalized spacial score (nSPS) is 11.8. The van der Waals surface area contributed by atoms with Crippen molar-refractivity contribution in [3.05, 3.63) is 87.4 Å². The maximum Gasteiger partial charge on any atom is 0.273 e. The average Bonchev–Trinajstić information content (AvgIpc) is 3.05. The summed E-state index contributed by atoms with van der Waals surface area (Å²) in [6.45, 7) is 2.20. The van der Waals surface area contributed by atoms with E-state index in [1.807, 2.05) is 0 Å². The molecule has 0 bridgehead atoms. The molecule has 3 aromatic carbocycles. The summed E-state index contributed by atoms with van der Waals surface area (Å²) in [5.74, 6) is -1.10. The van der Waals surface area contributed by atoms with Crippen molar-refractivity contribution < 1.29 is 32.4 Å². The predicted molar refractivity (Wildman–Crippen MR) is 184 cm³/mol. The summed E-state index contributed by atoms with van der Waals surface area (Å²) in [5.41, 5.74) is 0.188. The number of rotatable bonds is 21. The number of anilines is 2. The van der Waals surface area contributed by atoms with Gasteiger partial charge in [-0.3, -0.25) is 24.4 Å². The second-order valence-electron chi connectivity index (χ2n) is 11.1. The van der Waals surface area contributed by atoms with Crippen LogP contribution in [-0.4, -0.2) is 44.0 Å². The maximum atomic E-state index is 13.5. The van der Waals surface area contributed by atoms with Gasteiger partial charge in [0.2, 0.25) is 21.9 Å². The van der Waals surface area contributed by atoms with Crippen LogP contribution in [0.3, 0.4) is 0 Å². The molecule has 0 aliphatic rings. The van der Waals surface area contributed by atoms with Crippen LogP contribution in [0.1, 0.15) is 81.5 Å². The molecule has 13 heteroatoms. The zero-order valence-corrected chi connectivity index (χ0v) is 28.3. The predicted octanol–water partition coefficient (Wildman–Crippen LogP) is 8.19. The molecule has 0 heterocycles. The molecular weight excluding hydrogens is 646 g/mol. The van der Waals surface area contributed by atoms with Gasteiger partial charge in [-0.05, 0) is 61.0 Å². The van der Waals surface area contributed by atoms with Gasteiger partial charge in [0.25, 0.3) is 11.6 Å². The second-order valence-corrected chi connectivity index (χ2v) is 13.4. The van der Waals surface area contributed by atoms with Gasteiger partial charge in [0, 0.05) is 17.7 Å². The molecule has 0 aliphatic carbocycles. The summed E-state index contributed by atoms with van der Waals surface area (Å²) in [6, 6.07) is 15.2. The molecule has 0 spiro atoms. The van der Waals surface area contributed by atoms with Crippen molar-refractivity contribution in [2.75, 3.05) is 22.9 Å². The Morgan fingerprint density at radius 3 is 2.00 bits per heavy atom. The Morgan fingerprint density at radius 1 is 0.851 bits per heavy atom. The summed E-state index contributed by atoms with van der Waals surface area (Å²) in [4.78, 5) is 37.4. The highest BCUT2D eigenvalue weighted by Crippen LogP contribution is 2.28. The quantitative estimate of drug-likeness (QED) is 0.0374. The number of carbonyl (C=O) groups excluding carboxylic acids is 2. The van der Waals surface area contributed by atoms with E-state index in [9.17, 15) is 28.1 Å². The number of nitro benzene ring substituents is 1. The molecule has 0 aliphatic heterocycles. The number of nitrogens with zero attached hydrogens (tertiary/aromatic N) is 1. The highest BCUT2D eigenvalue weighted by atomic mass is 35.5. The molecule has 0 fully saturated rings. The van der Waals surface area contributed by atoms with Gasteiger partial charge in [-0.2, -0.15) is 0 Å². The molecule has 1 unspecified atom stereocenters. The fourth-order valence-corrected chi connectivity index (χ4v) is 6.15. The van der Waals surface area contributed by atoms with E-state index >= 15 is 0 Å². The Kier molecular flexibility index (Phi) is 15.0. The van der Waals surface area contributed by atoms with Crippen molar-refractivity contribution in [2.45, 2.75) is 77.2 Å². The van der Waals surface area contributed by atoms with Gasteiger partial charge in [0.05, 0.1) is 34.2 Å². The monoisotopic (exact) mass is 687 g/mol. The lowest BCUT2D eigenvalue weighted by Gasteiger charge is -2.19. The average molecular weight is 688 g/mol. The molecule has 254 valence electrons. The molecule has 0 saturated carbocycles. The molecule has 11 nitrogen and oxygen atoms in total. The van der Waals surface area contributed by atoms with Crippen LogP contribution in [0.5, 0.6) is 11.5 Å². The first-order valence-electron chi connectivity index (χ1n) is 15.7. The van der Waals surface area contributed by atoms with Crippen molar-refractivity contribution in [1.82, 2.24) is 0 Å². The topological polar surface area (TPSA) is 154 Å². The Morgan fingerprint density at radius 2 is 1.43 bits per heavy atom. The Balaban J connectivity index is 1.66. The lowest BCUT2D eigenvalue weighted by Crippen LogP contribution is -2.40. The first-order valence-corrected chi connectivity index (χ1v) is 17.8. The zero-order chi connectivity index (χ0) is 34.2. The smallest absolute Gasteiger partial charge is 0.273 e. The van der Waals surface area contributed by atoms with Crippen molar-refractivity contribution in [2.24, 2.45) is 0 Å². The van der Waals surface area contributed by atoms with Crippen molar-refractivity contribution >= 4 is 50.4 Å². The first-order chi connectivity index (χ1) is 22.5. The summed E-state index contributed by atoms with van der Waals surface area (Å²) in [7, 11) is -2.19. The van der Waals surface area contributed by atoms with Crippen LogP contribution < -0.4 is 19.5 Å². The number of benzene rings is 3. The number of unbranched alkanes of at least 4 members (excludes halogenated alkanes) is 9. The number of amides is 1. The Hall–Kier alpha value is -4.16. The minimum absolute atomic E-state index is 0.0391. The van der Waals surface area contributed by atoms with Crippen LogP contribution in [0.4, 0.5) is 17.1 Å². The number of hydrogen-bond donors (Lipinski definition) is 2. The first kappa shape index (κ1) is 37.3. The van der Waals surface area contributed by atoms with Crippen molar-refractivity contribution in [3.8, 4) is 11.5 Å². The molecule has 3 rings (SSSR count). The lowest BCUT2D eigenvalue weighted by atomic mass is 10.0. The van der Waals surface area contributed by atoms with Gasteiger partial charge >= 0.3 is 0 Å². The number of nitro groups is 1. The number of Topliss-reactive ketones (excluding diaryl/α,β-unsaturated/α-hetero) is 1. The van der Waals surface area contributed by atoms with Crippen LogP contribution in [0.2, 0.25) is 5.02 Å². The third-order valence-corrected chi connectivity index (χ3v) is 9.12. The third-order valence-electron chi connectivity index (χ3n) is 7.42. The summed E-state index contributed by atoms with van der Waals surface area (Å²) < 4.78 is 39.0. The number of sulfonamides is 1. The Bertz CT molecular complexity index is 1580. The number of methoxy groups -OCH3 is 1. The van der Waals surface area contributed by atoms with E-state index in [1.165, 1.54) is 100 Å². The van der Waals surface area contributed by atoms with Gasteiger partial charge < -0.3 is 14.8 Å². The fraction of sp³-hybridized carbons (Fsp3) is 0.412. The van der Waals surface area contributed by atoms with E-state index in [4.69, 9.17) is 21.1 Å². The standard InChI is InChI=1S/C34H42ClN3O8S/c1-3-4-5-6-7-8-9-10-11-12-23-47(43,44)37-26-15-22-30(35)31(24-26)36-34(40)33(32(39)25-13-18-28(45-2)19-14-25)46-29-20-16-27(17-21-29)38(41)42/h13-22,24,33,37H,3-12,23H2,1-2H3,(H,36,40). The van der Waals surface area contributed by atoms with Gasteiger partial charge in [-0.1, -0.05) is 76.3 Å². The second kappa shape index (κ2) is 18.9. The van der Waals surface area contributed by atoms with Gasteiger partial charge in [-0.25, -0.2) is 8.42 Å². The van der Waals surface area contributed by atoms with Gasteiger partial charge in [0.15, 0.2) is 0 Å². The number of halogens is 1. The van der Waals surface area contributed by atoms with Crippen LogP contribution in [0.25, 0.3) is 0 Å². The molecule has 1 amide bonds.